The van der Waals surface area contributed by atoms with Crippen LogP contribution in [0.15, 0.2) is 30.5 Å². The topological polar surface area (TPSA) is 164 Å². The number of piperidine rings is 1. The number of carbonyl (C=O) groups is 3. The van der Waals surface area contributed by atoms with Crippen LogP contribution in [0.25, 0.3) is 0 Å². The number of likely N-dealkylation sites (tertiary alicyclic amines) is 1. The first-order valence-corrected chi connectivity index (χ1v) is 10.2. The average molecular weight is 458 g/mol. The van der Waals surface area contributed by atoms with Crippen molar-refractivity contribution in [1.29, 1.82) is 5.26 Å². The van der Waals surface area contributed by atoms with Crippen molar-refractivity contribution in [3.05, 3.63) is 41.8 Å². The number of halogens is 1. The first-order chi connectivity index (χ1) is 15.7. The van der Waals surface area contributed by atoms with E-state index in [0.29, 0.717) is 5.69 Å². The van der Waals surface area contributed by atoms with E-state index in [4.69, 9.17) is 10.5 Å². The number of esters is 1. The lowest BCUT2D eigenvalue weighted by molar-refractivity contribution is -0.145. The molecule has 1 unspecified atom stereocenters. The molecule has 1 aliphatic rings. The molecule has 11 nitrogen and oxygen atoms in total. The molecule has 1 aromatic carbocycles. The summed E-state index contributed by atoms with van der Waals surface area (Å²) >= 11 is 0. The Labute approximate surface area is 188 Å². The van der Waals surface area contributed by atoms with Crippen LogP contribution in [0.4, 0.5) is 20.7 Å². The van der Waals surface area contributed by atoms with Gasteiger partial charge in [0.2, 0.25) is 0 Å². The van der Waals surface area contributed by atoms with E-state index in [1.165, 1.54) is 35.1 Å². The van der Waals surface area contributed by atoms with Gasteiger partial charge < -0.3 is 25.8 Å². The van der Waals surface area contributed by atoms with Gasteiger partial charge in [-0.3, -0.25) is 14.3 Å². The lowest BCUT2D eigenvalue weighted by Gasteiger charge is -2.40. The SMILES string of the molecule is CCOC(=O)CC1[C@H](C#N)[C@H](n2cc(C(N)=O)c(Nc3ccc(F)cc3)n2)CCN1C(=O)O. The van der Waals surface area contributed by atoms with Crippen LogP contribution in [-0.4, -0.2) is 57.0 Å². The third-order valence-electron chi connectivity index (χ3n) is 5.42. The van der Waals surface area contributed by atoms with Crippen LogP contribution in [0, 0.1) is 23.1 Å². The van der Waals surface area contributed by atoms with Crippen molar-refractivity contribution in [3.8, 4) is 6.07 Å². The predicted octanol–water partition coefficient (Wildman–Crippen LogP) is 2.25. The predicted molar refractivity (Wildman–Crippen MR) is 113 cm³/mol. The average Bonchev–Trinajstić information content (AvgIpc) is 3.19. The van der Waals surface area contributed by atoms with E-state index in [1.54, 1.807) is 6.92 Å². The van der Waals surface area contributed by atoms with Crippen molar-refractivity contribution >= 4 is 29.5 Å². The minimum atomic E-state index is -1.25. The zero-order valence-electron chi connectivity index (χ0n) is 17.8. The number of rotatable bonds is 7. The maximum absolute atomic E-state index is 13.2. The molecule has 1 aromatic heterocycles. The van der Waals surface area contributed by atoms with Gasteiger partial charge >= 0.3 is 12.1 Å². The van der Waals surface area contributed by atoms with Gasteiger partial charge in [-0.25, -0.2) is 9.18 Å². The molecule has 33 heavy (non-hydrogen) atoms. The second-order valence-electron chi connectivity index (χ2n) is 7.43. The number of nitrogens with two attached hydrogens (primary N) is 1. The number of hydrogen-bond acceptors (Lipinski definition) is 7. The summed E-state index contributed by atoms with van der Waals surface area (Å²) in [6.07, 6.45) is 0.0558. The number of nitrogens with one attached hydrogen (secondary N) is 1. The van der Waals surface area contributed by atoms with Crippen molar-refractivity contribution in [3.63, 3.8) is 0 Å². The molecule has 0 radical (unpaired) electrons. The van der Waals surface area contributed by atoms with Crippen molar-refractivity contribution < 1.29 is 28.6 Å². The molecule has 0 spiro atoms. The second-order valence-corrected chi connectivity index (χ2v) is 7.43. The zero-order chi connectivity index (χ0) is 24.1. The minimum absolute atomic E-state index is 0.0404. The molecule has 1 aliphatic heterocycles. The van der Waals surface area contributed by atoms with E-state index >= 15 is 0 Å². The van der Waals surface area contributed by atoms with Gasteiger partial charge in [-0.15, -0.1) is 0 Å². The number of carboxylic acid groups (broad SMARTS) is 1. The number of nitriles is 1. The highest BCUT2D eigenvalue weighted by atomic mass is 19.1. The summed E-state index contributed by atoms with van der Waals surface area (Å²) in [6.45, 7) is 1.80. The van der Waals surface area contributed by atoms with Gasteiger partial charge in [-0.05, 0) is 37.6 Å². The molecule has 1 fully saturated rings. The van der Waals surface area contributed by atoms with Crippen LogP contribution in [0.3, 0.4) is 0 Å². The van der Waals surface area contributed by atoms with E-state index in [1.807, 2.05) is 0 Å². The number of hydrogen-bond donors (Lipinski definition) is 3. The fourth-order valence-electron chi connectivity index (χ4n) is 3.91. The number of anilines is 2. The number of benzene rings is 1. The number of primary amides is 1. The molecule has 12 heteroatoms. The molecule has 1 saturated heterocycles. The standard InChI is InChI=1S/C21H23FN6O5/c1-2-33-18(29)9-17-14(10-23)16(7-8-27(17)21(31)32)28-11-15(19(24)30)20(26-28)25-13-5-3-12(22)4-6-13/h3-6,11,14,16-17H,2,7-9H2,1H3,(H2,24,30)(H,25,26)(H,31,32)/t14-,16-,17?/m1/s1. The Bertz CT molecular complexity index is 1080. The third-order valence-corrected chi connectivity index (χ3v) is 5.42. The van der Waals surface area contributed by atoms with Crippen molar-refractivity contribution in [2.24, 2.45) is 11.7 Å². The smallest absolute Gasteiger partial charge is 0.407 e. The molecular formula is C21H23FN6O5. The summed E-state index contributed by atoms with van der Waals surface area (Å²) in [6, 6.07) is 5.88. The first-order valence-electron chi connectivity index (χ1n) is 10.2. The van der Waals surface area contributed by atoms with E-state index in [0.717, 1.165) is 4.90 Å². The maximum atomic E-state index is 13.2. The van der Waals surface area contributed by atoms with E-state index < -0.39 is 41.8 Å². The molecule has 174 valence electrons. The lowest BCUT2D eigenvalue weighted by Crippen LogP contribution is -2.52. The number of carbonyl (C=O) groups excluding carboxylic acids is 2. The van der Waals surface area contributed by atoms with Crippen LogP contribution in [0.5, 0.6) is 0 Å². The first kappa shape index (κ1) is 23.5. The van der Waals surface area contributed by atoms with Crippen LogP contribution < -0.4 is 11.1 Å². The van der Waals surface area contributed by atoms with Gasteiger partial charge in [0.05, 0.1) is 37.1 Å². The third kappa shape index (κ3) is 5.20. The van der Waals surface area contributed by atoms with E-state index in [-0.39, 0.29) is 37.4 Å². The number of ether oxygens (including phenoxy) is 1. The molecule has 3 atom stereocenters. The highest BCUT2D eigenvalue weighted by Crippen LogP contribution is 2.35. The highest BCUT2D eigenvalue weighted by molar-refractivity contribution is 5.98. The molecule has 3 rings (SSSR count). The fourth-order valence-corrected chi connectivity index (χ4v) is 3.91. The zero-order valence-corrected chi connectivity index (χ0v) is 17.8. The molecular weight excluding hydrogens is 435 g/mol. The van der Waals surface area contributed by atoms with E-state index in [9.17, 15) is 29.1 Å². The van der Waals surface area contributed by atoms with Crippen LogP contribution >= 0.6 is 0 Å². The second kappa shape index (κ2) is 9.99. The molecule has 0 bridgehead atoms. The summed E-state index contributed by atoms with van der Waals surface area (Å²) in [5, 5.41) is 26.7. The normalized spacial score (nSPS) is 20.0. The van der Waals surface area contributed by atoms with Gasteiger partial charge in [0.1, 0.15) is 11.4 Å². The fraction of sp³-hybridized carbons (Fsp3) is 0.381. The molecule has 2 amide bonds. The lowest BCUT2D eigenvalue weighted by atomic mass is 9.84. The van der Waals surface area contributed by atoms with Gasteiger partial charge in [0.25, 0.3) is 5.91 Å². The van der Waals surface area contributed by atoms with Gasteiger partial charge in [-0.1, -0.05) is 0 Å². The summed E-state index contributed by atoms with van der Waals surface area (Å²) in [5.74, 6) is -2.67. The quantitative estimate of drug-likeness (QED) is 0.532. The Hall–Kier alpha value is -4.14. The summed E-state index contributed by atoms with van der Waals surface area (Å²) in [7, 11) is 0. The highest BCUT2D eigenvalue weighted by Gasteiger charge is 2.43. The Morgan fingerprint density at radius 1 is 1.36 bits per heavy atom. The molecule has 0 saturated carbocycles. The number of amides is 2. The number of nitrogens with zero attached hydrogens (tertiary/aromatic N) is 4. The summed E-state index contributed by atoms with van der Waals surface area (Å²) in [4.78, 5) is 36.9. The Kier molecular flexibility index (Phi) is 7.12. The van der Waals surface area contributed by atoms with Crippen LogP contribution in [0.1, 0.15) is 36.2 Å². The van der Waals surface area contributed by atoms with Gasteiger partial charge in [0, 0.05) is 18.4 Å². The molecule has 2 aromatic rings. The molecule has 2 heterocycles. The van der Waals surface area contributed by atoms with Crippen molar-refractivity contribution in [2.45, 2.75) is 31.8 Å². The van der Waals surface area contributed by atoms with Crippen molar-refractivity contribution in [2.75, 3.05) is 18.5 Å². The number of aromatic nitrogens is 2. The Balaban J connectivity index is 1.94. The molecule has 0 aliphatic carbocycles. The van der Waals surface area contributed by atoms with Crippen LogP contribution in [0.2, 0.25) is 0 Å². The largest absolute Gasteiger partial charge is 0.466 e. The van der Waals surface area contributed by atoms with E-state index in [2.05, 4.69) is 16.5 Å². The Morgan fingerprint density at radius 2 is 2.06 bits per heavy atom. The van der Waals surface area contributed by atoms with Gasteiger partial charge in [-0.2, -0.15) is 10.4 Å². The monoisotopic (exact) mass is 458 g/mol. The van der Waals surface area contributed by atoms with Crippen LogP contribution in [-0.2, 0) is 9.53 Å². The van der Waals surface area contributed by atoms with Crippen molar-refractivity contribution in [1.82, 2.24) is 14.7 Å². The summed E-state index contributed by atoms with van der Waals surface area (Å²) in [5.41, 5.74) is 5.99. The Morgan fingerprint density at radius 3 is 2.64 bits per heavy atom. The maximum Gasteiger partial charge on any atom is 0.407 e. The summed E-state index contributed by atoms with van der Waals surface area (Å²) < 4.78 is 19.5. The van der Waals surface area contributed by atoms with Gasteiger partial charge in [0.15, 0.2) is 5.82 Å². The minimum Gasteiger partial charge on any atom is -0.466 e. The molecule has 4 N–H and O–H groups in total.